The standard InChI is InChI=1S/C30H33N5O5S/c1-19-7-9-23(14-28(19)41(38,39)12-11-36)32-30(37)15-24-13-27-22(16-31-24)8-10-26(33-27)25-5-4-6-29(34-25)35-17-20(2)40-21(3)18-35/h4-10,13-14,16,20-21,36H,11-12,15,17-18H2,1-3H3,(H,32,37)/t20-,21+. The highest BCUT2D eigenvalue weighted by Gasteiger charge is 2.23. The van der Waals surface area contributed by atoms with Gasteiger partial charge in [0.2, 0.25) is 5.91 Å². The zero-order chi connectivity index (χ0) is 29.1. The minimum Gasteiger partial charge on any atom is -0.395 e. The van der Waals surface area contributed by atoms with Crippen molar-refractivity contribution in [3.63, 3.8) is 0 Å². The first-order chi connectivity index (χ1) is 19.6. The van der Waals surface area contributed by atoms with E-state index in [1.54, 1.807) is 31.3 Å². The van der Waals surface area contributed by atoms with E-state index >= 15 is 0 Å². The third-order valence-electron chi connectivity index (χ3n) is 6.88. The Kier molecular flexibility index (Phi) is 8.30. The van der Waals surface area contributed by atoms with Crippen molar-refractivity contribution in [3.8, 4) is 11.4 Å². The number of sulfone groups is 1. The van der Waals surface area contributed by atoms with Gasteiger partial charge in [-0.25, -0.2) is 18.4 Å². The summed E-state index contributed by atoms with van der Waals surface area (Å²) in [5, 5.41) is 12.7. The van der Waals surface area contributed by atoms with Crippen molar-refractivity contribution in [3.05, 3.63) is 72.1 Å². The van der Waals surface area contributed by atoms with Crippen molar-refractivity contribution in [2.75, 3.05) is 35.7 Å². The summed E-state index contributed by atoms with van der Waals surface area (Å²) >= 11 is 0. The monoisotopic (exact) mass is 575 g/mol. The van der Waals surface area contributed by atoms with Gasteiger partial charge in [-0.3, -0.25) is 9.78 Å². The van der Waals surface area contributed by atoms with Crippen molar-refractivity contribution in [2.45, 2.75) is 44.3 Å². The van der Waals surface area contributed by atoms with Gasteiger partial charge in [0.15, 0.2) is 9.84 Å². The van der Waals surface area contributed by atoms with Crippen molar-refractivity contribution >= 4 is 38.2 Å². The van der Waals surface area contributed by atoms with Gasteiger partial charge in [0.1, 0.15) is 5.82 Å². The van der Waals surface area contributed by atoms with Crippen molar-refractivity contribution < 1.29 is 23.1 Å². The highest BCUT2D eigenvalue weighted by atomic mass is 32.2. The molecule has 1 saturated heterocycles. The first kappa shape index (κ1) is 28.6. The molecule has 41 heavy (non-hydrogen) atoms. The first-order valence-electron chi connectivity index (χ1n) is 13.5. The van der Waals surface area contributed by atoms with Gasteiger partial charge >= 0.3 is 0 Å². The fraction of sp³-hybridized carbons (Fsp3) is 0.333. The number of aromatic nitrogens is 3. The van der Waals surface area contributed by atoms with Crippen LogP contribution >= 0.6 is 0 Å². The van der Waals surface area contributed by atoms with E-state index in [1.165, 1.54) is 6.07 Å². The molecule has 0 saturated carbocycles. The van der Waals surface area contributed by atoms with Gasteiger partial charge in [0.05, 0.1) is 58.5 Å². The molecule has 5 rings (SSSR count). The van der Waals surface area contributed by atoms with Crippen LogP contribution in [0.5, 0.6) is 0 Å². The number of carbonyl (C=O) groups excluding carboxylic acids is 1. The number of aliphatic hydroxyl groups is 1. The van der Waals surface area contributed by atoms with E-state index < -0.39 is 16.4 Å². The highest BCUT2D eigenvalue weighted by molar-refractivity contribution is 7.91. The number of morpholine rings is 1. The van der Waals surface area contributed by atoms with E-state index in [-0.39, 0.29) is 35.2 Å². The summed E-state index contributed by atoms with van der Waals surface area (Å²) in [5.41, 5.74) is 3.58. The molecule has 10 nitrogen and oxygen atoms in total. The Morgan fingerprint density at radius 3 is 2.56 bits per heavy atom. The van der Waals surface area contributed by atoms with E-state index in [9.17, 15) is 13.2 Å². The summed E-state index contributed by atoms with van der Waals surface area (Å²) in [6, 6.07) is 16.2. The maximum absolute atomic E-state index is 12.8. The lowest BCUT2D eigenvalue weighted by Gasteiger charge is -2.36. The smallest absolute Gasteiger partial charge is 0.230 e. The minimum absolute atomic E-state index is 0.0183. The van der Waals surface area contributed by atoms with Crippen LogP contribution in [0.3, 0.4) is 0 Å². The van der Waals surface area contributed by atoms with Gasteiger partial charge < -0.3 is 20.1 Å². The van der Waals surface area contributed by atoms with E-state index in [0.29, 0.717) is 28.2 Å². The predicted molar refractivity (Wildman–Crippen MR) is 158 cm³/mol. The Bertz CT molecular complexity index is 1680. The highest BCUT2D eigenvalue weighted by Crippen LogP contribution is 2.25. The summed E-state index contributed by atoms with van der Waals surface area (Å²) < 4.78 is 30.8. The Morgan fingerprint density at radius 1 is 1.05 bits per heavy atom. The zero-order valence-electron chi connectivity index (χ0n) is 23.2. The number of fused-ring (bicyclic) bond motifs is 1. The van der Waals surface area contributed by atoms with Crippen LogP contribution in [-0.4, -0.2) is 72.0 Å². The second-order valence-corrected chi connectivity index (χ2v) is 12.4. The average Bonchev–Trinajstić information content (AvgIpc) is 2.93. The number of hydrogen-bond donors (Lipinski definition) is 2. The Labute approximate surface area is 239 Å². The number of aliphatic hydroxyl groups excluding tert-OH is 1. The predicted octanol–water partition coefficient (Wildman–Crippen LogP) is 3.56. The molecule has 2 atom stereocenters. The molecule has 11 heteroatoms. The molecule has 214 valence electrons. The van der Waals surface area contributed by atoms with Crippen LogP contribution in [0.2, 0.25) is 0 Å². The molecular weight excluding hydrogens is 542 g/mol. The topological polar surface area (TPSA) is 135 Å². The molecule has 4 heterocycles. The number of hydrogen-bond acceptors (Lipinski definition) is 9. The third-order valence-corrected chi connectivity index (χ3v) is 8.71. The van der Waals surface area contributed by atoms with Crippen LogP contribution in [0.25, 0.3) is 22.3 Å². The second kappa shape index (κ2) is 11.9. The van der Waals surface area contributed by atoms with Crippen LogP contribution in [0.15, 0.2) is 65.7 Å². The van der Waals surface area contributed by atoms with Crippen molar-refractivity contribution in [1.82, 2.24) is 15.0 Å². The summed E-state index contributed by atoms with van der Waals surface area (Å²) in [6.45, 7) is 6.86. The van der Waals surface area contributed by atoms with Gasteiger partial charge in [-0.1, -0.05) is 12.1 Å². The van der Waals surface area contributed by atoms with Crippen molar-refractivity contribution in [2.24, 2.45) is 0 Å². The van der Waals surface area contributed by atoms with Crippen LogP contribution in [0.4, 0.5) is 11.5 Å². The first-order valence-corrected chi connectivity index (χ1v) is 15.1. The SMILES string of the molecule is Cc1ccc(NC(=O)Cc2cc3nc(-c4cccc(N5C[C@@H](C)O[C@@H](C)C5)n4)ccc3cn2)cc1S(=O)(=O)CCO. The molecule has 0 unspecified atom stereocenters. The number of carbonyl (C=O) groups is 1. The molecule has 1 aliphatic heterocycles. The van der Waals surface area contributed by atoms with E-state index in [2.05, 4.69) is 29.0 Å². The zero-order valence-corrected chi connectivity index (χ0v) is 24.1. The molecule has 1 aliphatic rings. The molecule has 3 aromatic heterocycles. The summed E-state index contributed by atoms with van der Waals surface area (Å²) in [4.78, 5) is 29.2. The number of nitrogens with one attached hydrogen (secondary N) is 1. The summed E-state index contributed by atoms with van der Waals surface area (Å²) in [7, 11) is -3.66. The van der Waals surface area contributed by atoms with Gasteiger partial charge in [-0.15, -0.1) is 0 Å². The van der Waals surface area contributed by atoms with Gasteiger partial charge in [0.25, 0.3) is 0 Å². The van der Waals surface area contributed by atoms with Gasteiger partial charge in [0, 0.05) is 30.4 Å². The number of rotatable bonds is 8. The van der Waals surface area contributed by atoms with Crippen molar-refractivity contribution in [1.29, 1.82) is 0 Å². The fourth-order valence-electron chi connectivity index (χ4n) is 5.02. The second-order valence-electron chi connectivity index (χ2n) is 10.4. The van der Waals surface area contributed by atoms with E-state index in [1.807, 2.05) is 30.3 Å². The third kappa shape index (κ3) is 6.70. The number of nitrogens with zero attached hydrogens (tertiary/aromatic N) is 4. The Balaban J connectivity index is 1.33. The molecule has 1 aromatic carbocycles. The molecule has 1 amide bonds. The minimum atomic E-state index is -3.66. The molecule has 0 radical (unpaired) electrons. The molecule has 4 aromatic rings. The van der Waals surface area contributed by atoms with E-state index in [0.717, 1.165) is 30.0 Å². The normalized spacial score (nSPS) is 17.5. The fourth-order valence-corrected chi connectivity index (χ4v) is 6.34. The maximum Gasteiger partial charge on any atom is 0.230 e. The number of aryl methyl sites for hydroxylation is 1. The maximum atomic E-state index is 12.8. The van der Waals surface area contributed by atoms with Gasteiger partial charge in [-0.05, 0) is 68.8 Å². The lowest BCUT2D eigenvalue weighted by Crippen LogP contribution is -2.45. The van der Waals surface area contributed by atoms with Gasteiger partial charge in [-0.2, -0.15) is 0 Å². The molecular formula is C30H33N5O5S. The largest absolute Gasteiger partial charge is 0.395 e. The van der Waals surface area contributed by atoms with E-state index in [4.69, 9.17) is 19.8 Å². The molecule has 2 N–H and O–H groups in total. The lowest BCUT2D eigenvalue weighted by atomic mass is 10.1. The molecule has 1 fully saturated rings. The number of amides is 1. The molecule has 0 bridgehead atoms. The average molecular weight is 576 g/mol. The number of anilines is 2. The lowest BCUT2D eigenvalue weighted by molar-refractivity contribution is -0.115. The summed E-state index contributed by atoms with van der Waals surface area (Å²) in [5.74, 6) is 0.153. The van der Waals surface area contributed by atoms with Crippen LogP contribution < -0.4 is 10.2 Å². The molecule has 0 spiro atoms. The van der Waals surface area contributed by atoms with Crippen LogP contribution in [-0.2, 0) is 25.8 Å². The number of pyridine rings is 3. The summed E-state index contributed by atoms with van der Waals surface area (Å²) in [6.07, 6.45) is 1.91. The Hall–Kier alpha value is -3.93. The van der Waals surface area contributed by atoms with Crippen LogP contribution in [0.1, 0.15) is 25.1 Å². The number of ether oxygens (including phenoxy) is 1. The molecule has 0 aliphatic carbocycles. The quantitative estimate of drug-likeness (QED) is 0.323. The number of benzene rings is 1. The van der Waals surface area contributed by atoms with Crippen LogP contribution in [0, 0.1) is 6.92 Å². The Morgan fingerprint density at radius 2 is 1.80 bits per heavy atom.